The predicted molar refractivity (Wildman–Crippen MR) is 80.1 cm³/mol. The minimum absolute atomic E-state index is 0.0198. The zero-order valence-electron chi connectivity index (χ0n) is 11.1. The van der Waals surface area contributed by atoms with Crippen LogP contribution in [0.25, 0.3) is 0 Å². The topological polar surface area (TPSA) is 86.5 Å². The van der Waals surface area contributed by atoms with E-state index >= 15 is 0 Å². The zero-order valence-corrected chi connectivity index (χ0v) is 13.5. The highest BCUT2D eigenvalue weighted by Crippen LogP contribution is 2.31. The van der Waals surface area contributed by atoms with Gasteiger partial charge in [0, 0.05) is 0 Å². The molecule has 0 heterocycles. The lowest BCUT2D eigenvalue weighted by Gasteiger charge is -2.11. The molecule has 0 aliphatic heterocycles. The van der Waals surface area contributed by atoms with Gasteiger partial charge in [0.05, 0.1) is 22.2 Å². The number of sulfonamides is 1. The highest BCUT2D eigenvalue weighted by atomic mass is 35.5. The molecule has 1 aromatic carbocycles. The molecule has 0 unspecified atom stereocenters. The summed E-state index contributed by atoms with van der Waals surface area (Å²) in [5, 5.41) is 4.78. The number of benzene rings is 1. The molecule has 2 N–H and O–H groups in total. The second-order valence-electron chi connectivity index (χ2n) is 5.06. The molecule has 1 fully saturated rings. The zero-order chi connectivity index (χ0) is 15.6. The molecule has 1 aliphatic rings. The van der Waals surface area contributed by atoms with E-state index in [9.17, 15) is 13.2 Å². The second kappa shape index (κ2) is 6.52. The van der Waals surface area contributed by atoms with Gasteiger partial charge in [0.15, 0.2) is 0 Å². The summed E-state index contributed by atoms with van der Waals surface area (Å²) < 4.78 is 28.1. The van der Waals surface area contributed by atoms with Crippen molar-refractivity contribution in [1.29, 1.82) is 0 Å². The van der Waals surface area contributed by atoms with Crippen molar-refractivity contribution in [3.63, 3.8) is 0 Å². The smallest absolute Gasteiger partial charge is 0.338 e. The fraction of sp³-hybridized carbons (Fsp3) is 0.462. The monoisotopic (exact) mass is 351 g/mol. The first-order valence-electron chi connectivity index (χ1n) is 6.48. The molecule has 0 saturated heterocycles. The highest BCUT2D eigenvalue weighted by Gasteiger charge is 2.22. The van der Waals surface area contributed by atoms with Crippen molar-refractivity contribution < 1.29 is 17.9 Å². The maximum Gasteiger partial charge on any atom is 0.338 e. The number of rotatable bonds is 4. The number of hydrogen-bond donors (Lipinski definition) is 1. The Labute approximate surface area is 133 Å². The molecule has 0 atom stereocenters. The summed E-state index contributed by atoms with van der Waals surface area (Å²) in [6, 6.07) is 2.36. The Balaban J connectivity index is 2.19. The van der Waals surface area contributed by atoms with Crippen LogP contribution in [0.5, 0.6) is 0 Å². The van der Waals surface area contributed by atoms with E-state index in [1.807, 2.05) is 0 Å². The number of carbonyl (C=O) groups is 1. The van der Waals surface area contributed by atoms with Crippen LogP contribution in [0.1, 0.15) is 36.0 Å². The Kier molecular flexibility index (Phi) is 5.14. The fourth-order valence-electron chi connectivity index (χ4n) is 2.34. The largest absolute Gasteiger partial charge is 0.462 e. The van der Waals surface area contributed by atoms with Gasteiger partial charge in [-0.3, -0.25) is 0 Å². The fourth-order valence-corrected chi connectivity index (χ4v) is 3.70. The van der Waals surface area contributed by atoms with Gasteiger partial charge in [-0.2, -0.15) is 0 Å². The number of hydrogen-bond acceptors (Lipinski definition) is 4. The van der Waals surface area contributed by atoms with Crippen molar-refractivity contribution in [2.45, 2.75) is 30.6 Å². The standard InChI is InChI=1S/C13H15Cl2NO4S/c14-10-5-9(6-11(12(10)15)21(16,18)19)13(17)20-7-8-3-1-2-4-8/h5-6,8H,1-4,7H2,(H2,16,18,19). The summed E-state index contributed by atoms with van der Waals surface area (Å²) in [7, 11) is -4.07. The lowest BCUT2D eigenvalue weighted by atomic mass is 10.1. The number of primary sulfonamides is 1. The van der Waals surface area contributed by atoms with Crippen LogP contribution < -0.4 is 5.14 Å². The average Bonchev–Trinajstić information content (AvgIpc) is 2.90. The summed E-state index contributed by atoms with van der Waals surface area (Å²) in [5.74, 6) is -0.264. The first-order valence-corrected chi connectivity index (χ1v) is 8.78. The number of carbonyl (C=O) groups excluding carboxylic acids is 1. The van der Waals surface area contributed by atoms with Crippen molar-refractivity contribution >= 4 is 39.2 Å². The third-order valence-electron chi connectivity index (χ3n) is 3.46. The molecule has 0 aromatic heterocycles. The number of nitrogens with two attached hydrogens (primary N) is 1. The quantitative estimate of drug-likeness (QED) is 0.844. The van der Waals surface area contributed by atoms with Gasteiger partial charge in [-0.1, -0.05) is 36.0 Å². The van der Waals surface area contributed by atoms with E-state index < -0.39 is 16.0 Å². The molecule has 0 bridgehead atoms. The lowest BCUT2D eigenvalue weighted by Crippen LogP contribution is -2.16. The normalized spacial score (nSPS) is 16.1. The van der Waals surface area contributed by atoms with E-state index in [1.165, 1.54) is 6.07 Å². The van der Waals surface area contributed by atoms with Crippen LogP contribution in [0.4, 0.5) is 0 Å². The molecule has 1 aliphatic carbocycles. The third kappa shape index (κ3) is 4.10. The molecule has 5 nitrogen and oxygen atoms in total. The minimum Gasteiger partial charge on any atom is -0.462 e. The van der Waals surface area contributed by atoms with Crippen LogP contribution in [-0.4, -0.2) is 21.0 Å². The van der Waals surface area contributed by atoms with Gasteiger partial charge in [-0.25, -0.2) is 18.4 Å². The van der Waals surface area contributed by atoms with E-state index in [1.54, 1.807) is 0 Å². The molecule has 21 heavy (non-hydrogen) atoms. The maximum atomic E-state index is 12.0. The van der Waals surface area contributed by atoms with Gasteiger partial charge in [-0.05, 0) is 30.9 Å². The van der Waals surface area contributed by atoms with Crippen LogP contribution in [-0.2, 0) is 14.8 Å². The molecule has 8 heteroatoms. The summed E-state index contributed by atoms with van der Waals surface area (Å²) in [4.78, 5) is 11.6. The summed E-state index contributed by atoms with van der Waals surface area (Å²) in [5.41, 5.74) is 0.0198. The molecule has 0 radical (unpaired) electrons. The Morgan fingerprint density at radius 1 is 1.29 bits per heavy atom. The SMILES string of the molecule is NS(=O)(=O)c1cc(C(=O)OCC2CCCC2)cc(Cl)c1Cl. The van der Waals surface area contributed by atoms with Gasteiger partial charge in [0.2, 0.25) is 10.0 Å². The third-order valence-corrected chi connectivity index (χ3v) is 5.31. The van der Waals surface area contributed by atoms with Crippen LogP contribution in [0.2, 0.25) is 10.0 Å². The molecular weight excluding hydrogens is 337 g/mol. The number of halogens is 2. The van der Waals surface area contributed by atoms with E-state index in [0.717, 1.165) is 31.7 Å². The first kappa shape index (κ1) is 16.5. The molecule has 116 valence electrons. The predicted octanol–water partition coefficient (Wildman–Crippen LogP) is 2.99. The van der Waals surface area contributed by atoms with Crippen molar-refractivity contribution in [3.8, 4) is 0 Å². The minimum atomic E-state index is -4.07. The van der Waals surface area contributed by atoms with Gasteiger partial charge in [-0.15, -0.1) is 0 Å². The van der Waals surface area contributed by atoms with Crippen LogP contribution >= 0.6 is 23.2 Å². The lowest BCUT2D eigenvalue weighted by molar-refractivity contribution is 0.0442. The highest BCUT2D eigenvalue weighted by molar-refractivity contribution is 7.89. The molecular formula is C13H15Cl2NO4S. The van der Waals surface area contributed by atoms with E-state index in [-0.39, 0.29) is 20.5 Å². The van der Waals surface area contributed by atoms with Crippen LogP contribution in [0.3, 0.4) is 0 Å². The van der Waals surface area contributed by atoms with Crippen molar-refractivity contribution in [2.75, 3.05) is 6.61 Å². The first-order chi connectivity index (χ1) is 9.79. The Bertz CT molecular complexity index is 654. The molecule has 1 saturated carbocycles. The van der Waals surface area contributed by atoms with Crippen LogP contribution in [0.15, 0.2) is 17.0 Å². The van der Waals surface area contributed by atoms with Crippen molar-refractivity contribution in [3.05, 3.63) is 27.7 Å². The van der Waals surface area contributed by atoms with Gasteiger partial charge in [0.25, 0.3) is 0 Å². The van der Waals surface area contributed by atoms with Gasteiger partial charge >= 0.3 is 5.97 Å². The van der Waals surface area contributed by atoms with Gasteiger partial charge in [0.1, 0.15) is 4.90 Å². The molecule has 0 amide bonds. The Morgan fingerprint density at radius 3 is 2.48 bits per heavy atom. The second-order valence-corrected chi connectivity index (χ2v) is 7.38. The Hall–Kier alpha value is -0.820. The summed E-state index contributed by atoms with van der Waals surface area (Å²) in [6.07, 6.45) is 4.36. The number of ether oxygens (including phenoxy) is 1. The van der Waals surface area contributed by atoms with E-state index in [4.69, 9.17) is 33.1 Å². The average molecular weight is 352 g/mol. The van der Waals surface area contributed by atoms with E-state index in [0.29, 0.717) is 12.5 Å². The van der Waals surface area contributed by atoms with Crippen molar-refractivity contribution in [2.24, 2.45) is 11.1 Å². The van der Waals surface area contributed by atoms with Crippen molar-refractivity contribution in [1.82, 2.24) is 0 Å². The Morgan fingerprint density at radius 2 is 1.90 bits per heavy atom. The molecule has 1 aromatic rings. The maximum absolute atomic E-state index is 12.0. The molecule has 2 rings (SSSR count). The summed E-state index contributed by atoms with van der Waals surface area (Å²) in [6.45, 7) is 0.323. The van der Waals surface area contributed by atoms with E-state index in [2.05, 4.69) is 0 Å². The number of esters is 1. The molecule has 0 spiro atoms. The summed E-state index contributed by atoms with van der Waals surface area (Å²) >= 11 is 11.6. The van der Waals surface area contributed by atoms with Crippen LogP contribution in [0, 0.1) is 5.92 Å². The van der Waals surface area contributed by atoms with Gasteiger partial charge < -0.3 is 4.74 Å².